The van der Waals surface area contributed by atoms with E-state index in [1.807, 2.05) is 0 Å². The molecule has 0 saturated carbocycles. The van der Waals surface area contributed by atoms with E-state index in [1.54, 1.807) is 0 Å². The molecule has 1 aromatic heterocycles. The summed E-state index contributed by atoms with van der Waals surface area (Å²) in [4.78, 5) is 15.1. The first-order valence-electron chi connectivity index (χ1n) is 4.54. The second-order valence-electron chi connectivity index (χ2n) is 3.20. The lowest BCUT2D eigenvalue weighted by atomic mass is 10.5. The molecule has 2 unspecified atom stereocenters. The van der Waals surface area contributed by atoms with Gasteiger partial charge in [-0.15, -0.1) is 11.8 Å². The Kier molecular flexibility index (Phi) is 3.38. The van der Waals surface area contributed by atoms with Crippen LogP contribution in [-0.2, 0) is 4.74 Å². The molecule has 1 aromatic rings. The zero-order valence-electron chi connectivity index (χ0n) is 8.17. The second-order valence-corrected chi connectivity index (χ2v) is 4.80. The summed E-state index contributed by atoms with van der Waals surface area (Å²) in [6.07, 6.45) is 0.942. The van der Waals surface area contributed by atoms with Crippen LogP contribution in [0.3, 0.4) is 0 Å². The highest BCUT2D eigenvalue weighted by Gasteiger charge is 2.27. The van der Waals surface area contributed by atoms with Crippen molar-refractivity contribution in [2.75, 3.05) is 18.1 Å². The maximum absolute atomic E-state index is 11.5. The molecule has 0 radical (unpaired) electrons. The summed E-state index contributed by atoms with van der Waals surface area (Å²) in [6.45, 7) is -0.0912. The third-order valence-corrected chi connectivity index (χ3v) is 3.53. The average molecular weight is 264 g/mol. The maximum atomic E-state index is 11.5. The number of anilines is 1. The molecule has 8 heteroatoms. The summed E-state index contributed by atoms with van der Waals surface area (Å²) in [5, 5.41) is 9.11. The van der Waals surface area contributed by atoms with Crippen LogP contribution in [0.1, 0.15) is 6.23 Å². The minimum absolute atomic E-state index is 0.00674. The minimum atomic E-state index is -0.508. The SMILES string of the molecule is Nc1nc(=O)n(C2CSC(CO)O2)cc1Cl. The number of thioether (sulfide) groups is 1. The third kappa shape index (κ3) is 2.17. The lowest BCUT2D eigenvalue weighted by Crippen LogP contribution is -2.29. The van der Waals surface area contributed by atoms with Crippen molar-refractivity contribution in [2.45, 2.75) is 11.7 Å². The van der Waals surface area contributed by atoms with Crippen LogP contribution in [0.5, 0.6) is 0 Å². The zero-order chi connectivity index (χ0) is 11.7. The molecule has 16 heavy (non-hydrogen) atoms. The number of ether oxygens (including phenoxy) is 1. The van der Waals surface area contributed by atoms with Gasteiger partial charge in [0.1, 0.15) is 17.5 Å². The summed E-state index contributed by atoms with van der Waals surface area (Å²) in [5.41, 5.74) is 4.58. The normalized spacial score (nSPS) is 24.9. The van der Waals surface area contributed by atoms with Gasteiger partial charge < -0.3 is 15.6 Å². The molecule has 1 saturated heterocycles. The number of aliphatic hydroxyl groups is 1. The van der Waals surface area contributed by atoms with Gasteiger partial charge in [-0.2, -0.15) is 4.98 Å². The Balaban J connectivity index is 2.28. The second kappa shape index (κ2) is 4.62. The fourth-order valence-corrected chi connectivity index (χ4v) is 2.43. The van der Waals surface area contributed by atoms with E-state index in [0.717, 1.165) is 0 Å². The number of hydrogen-bond donors (Lipinski definition) is 2. The maximum Gasteiger partial charge on any atom is 0.351 e. The van der Waals surface area contributed by atoms with E-state index in [1.165, 1.54) is 22.5 Å². The number of halogens is 1. The number of aromatic nitrogens is 2. The number of nitrogens with two attached hydrogens (primary N) is 1. The minimum Gasteiger partial charge on any atom is -0.393 e. The fourth-order valence-electron chi connectivity index (χ4n) is 1.35. The van der Waals surface area contributed by atoms with Crippen molar-refractivity contribution >= 4 is 29.2 Å². The monoisotopic (exact) mass is 263 g/mol. The molecule has 0 bridgehead atoms. The standard InChI is InChI=1S/C8H10ClN3O3S/c9-4-1-12(8(14)11-7(4)10)5-3-16-6(2-13)15-5/h1,5-6,13H,2-3H2,(H2,10,11,14). The predicted octanol–water partition coefficient (Wildman–Crippen LogP) is 0.0593. The largest absolute Gasteiger partial charge is 0.393 e. The molecule has 2 heterocycles. The smallest absolute Gasteiger partial charge is 0.351 e. The molecule has 2 atom stereocenters. The van der Waals surface area contributed by atoms with E-state index in [0.29, 0.717) is 5.75 Å². The number of hydrogen-bond acceptors (Lipinski definition) is 6. The first-order chi connectivity index (χ1) is 7.61. The molecule has 0 aliphatic carbocycles. The summed E-state index contributed by atoms with van der Waals surface area (Å²) in [7, 11) is 0. The Morgan fingerprint density at radius 3 is 3.19 bits per heavy atom. The molecule has 3 N–H and O–H groups in total. The molecule has 1 aliphatic rings. The molecule has 0 spiro atoms. The Bertz CT molecular complexity index is 453. The Hall–Kier alpha value is -0.760. The van der Waals surface area contributed by atoms with Crippen molar-refractivity contribution in [2.24, 2.45) is 0 Å². The van der Waals surface area contributed by atoms with Crippen molar-refractivity contribution in [1.29, 1.82) is 0 Å². The molecular weight excluding hydrogens is 254 g/mol. The fraction of sp³-hybridized carbons (Fsp3) is 0.500. The third-order valence-electron chi connectivity index (χ3n) is 2.13. The van der Waals surface area contributed by atoms with Gasteiger partial charge in [0.25, 0.3) is 0 Å². The van der Waals surface area contributed by atoms with Crippen molar-refractivity contribution < 1.29 is 9.84 Å². The molecule has 0 amide bonds. The highest BCUT2D eigenvalue weighted by atomic mass is 35.5. The number of nitrogen functional groups attached to an aromatic ring is 1. The lowest BCUT2D eigenvalue weighted by molar-refractivity contribution is -0.00627. The molecule has 1 aliphatic heterocycles. The Labute approximate surface area is 100 Å². The topological polar surface area (TPSA) is 90.4 Å². The van der Waals surface area contributed by atoms with Crippen molar-refractivity contribution in [3.8, 4) is 0 Å². The molecule has 1 fully saturated rings. The molecule has 6 nitrogen and oxygen atoms in total. The zero-order valence-corrected chi connectivity index (χ0v) is 9.74. The van der Waals surface area contributed by atoms with E-state index in [2.05, 4.69) is 4.98 Å². The number of rotatable bonds is 2. The number of aliphatic hydroxyl groups excluding tert-OH is 1. The van der Waals surface area contributed by atoms with Gasteiger partial charge in [0.15, 0.2) is 0 Å². The van der Waals surface area contributed by atoms with Gasteiger partial charge in [0.05, 0.1) is 11.6 Å². The lowest BCUT2D eigenvalue weighted by Gasteiger charge is -2.13. The van der Waals surface area contributed by atoms with Gasteiger partial charge in [-0.1, -0.05) is 11.6 Å². The summed E-state index contributed by atoms with van der Waals surface area (Å²) in [5.74, 6) is 0.569. The highest BCUT2D eigenvalue weighted by molar-refractivity contribution is 8.00. The van der Waals surface area contributed by atoms with Crippen LogP contribution in [0.4, 0.5) is 5.82 Å². The van der Waals surface area contributed by atoms with Crippen LogP contribution >= 0.6 is 23.4 Å². The first kappa shape index (κ1) is 11.7. The van der Waals surface area contributed by atoms with Gasteiger partial charge in [-0.3, -0.25) is 4.57 Å². The summed E-state index contributed by atoms with van der Waals surface area (Å²) >= 11 is 7.21. The van der Waals surface area contributed by atoms with E-state index < -0.39 is 11.9 Å². The molecule has 0 aromatic carbocycles. The average Bonchev–Trinajstić information content (AvgIpc) is 2.71. The van der Waals surface area contributed by atoms with Crippen LogP contribution < -0.4 is 11.4 Å². The molecule has 88 valence electrons. The predicted molar refractivity (Wildman–Crippen MR) is 61.4 cm³/mol. The van der Waals surface area contributed by atoms with Gasteiger partial charge in [0, 0.05) is 11.9 Å². The van der Waals surface area contributed by atoms with Gasteiger partial charge in [-0.05, 0) is 0 Å². The van der Waals surface area contributed by atoms with Crippen LogP contribution in [0.25, 0.3) is 0 Å². The van der Waals surface area contributed by atoms with E-state index in [4.69, 9.17) is 27.2 Å². The van der Waals surface area contributed by atoms with Gasteiger partial charge >= 0.3 is 5.69 Å². The van der Waals surface area contributed by atoms with E-state index in [-0.39, 0.29) is 22.9 Å². The van der Waals surface area contributed by atoms with E-state index in [9.17, 15) is 4.79 Å². The van der Waals surface area contributed by atoms with Gasteiger partial charge in [0.2, 0.25) is 0 Å². The van der Waals surface area contributed by atoms with Crippen molar-refractivity contribution in [3.05, 3.63) is 21.7 Å². The van der Waals surface area contributed by atoms with E-state index >= 15 is 0 Å². The van der Waals surface area contributed by atoms with Crippen molar-refractivity contribution in [1.82, 2.24) is 9.55 Å². The quantitative estimate of drug-likeness (QED) is 0.784. The summed E-state index contributed by atoms with van der Waals surface area (Å²) < 4.78 is 6.69. The van der Waals surface area contributed by atoms with Crippen LogP contribution in [0.15, 0.2) is 11.0 Å². The van der Waals surface area contributed by atoms with Crippen molar-refractivity contribution in [3.63, 3.8) is 0 Å². The van der Waals surface area contributed by atoms with Gasteiger partial charge in [-0.25, -0.2) is 4.79 Å². The molecular formula is C8H10ClN3O3S. The Morgan fingerprint density at radius 2 is 2.56 bits per heavy atom. The number of nitrogens with zero attached hydrogens (tertiary/aromatic N) is 2. The highest BCUT2D eigenvalue weighted by Crippen LogP contribution is 2.31. The molecule has 2 rings (SSSR count). The first-order valence-corrected chi connectivity index (χ1v) is 5.96. The van der Waals surface area contributed by atoms with Crippen LogP contribution in [0, 0.1) is 0 Å². The van der Waals surface area contributed by atoms with Crippen LogP contribution in [-0.4, -0.2) is 32.5 Å². The summed E-state index contributed by atoms with van der Waals surface area (Å²) in [6, 6.07) is 0. The van der Waals surface area contributed by atoms with Crippen LogP contribution in [0.2, 0.25) is 5.02 Å². The Morgan fingerprint density at radius 1 is 1.81 bits per heavy atom.